The van der Waals surface area contributed by atoms with Crippen molar-refractivity contribution in [1.82, 2.24) is 9.88 Å². The summed E-state index contributed by atoms with van der Waals surface area (Å²) in [6, 6.07) is 3.69. The van der Waals surface area contributed by atoms with Crippen LogP contribution in [-0.2, 0) is 6.54 Å². The molecular weight excluding hydrogens is 204 g/mol. The summed E-state index contributed by atoms with van der Waals surface area (Å²) in [4.78, 5) is 11.9. The highest BCUT2D eigenvalue weighted by Crippen LogP contribution is 2.44. The minimum Gasteiger partial charge on any atom is -0.396 e. The quantitative estimate of drug-likeness (QED) is 0.781. The van der Waals surface area contributed by atoms with E-state index in [1.807, 2.05) is 29.8 Å². The molecule has 4 nitrogen and oxygen atoms in total. The fourth-order valence-corrected chi connectivity index (χ4v) is 1.82. The summed E-state index contributed by atoms with van der Waals surface area (Å²) in [5.74, 6) is -0.0495. The molecule has 0 saturated heterocycles. The molecule has 1 aromatic heterocycles. The fraction of sp³-hybridized carbons (Fsp3) is 0.583. The summed E-state index contributed by atoms with van der Waals surface area (Å²) < 4.78 is 1.91. The molecule has 16 heavy (non-hydrogen) atoms. The molecule has 1 aliphatic carbocycles. The number of carbonyl (C=O) groups excluding carboxylic acids is 1. The highest BCUT2D eigenvalue weighted by Gasteiger charge is 2.42. The predicted octanol–water partition coefficient (Wildman–Crippen LogP) is 1.01. The first-order chi connectivity index (χ1) is 7.71. The van der Waals surface area contributed by atoms with Gasteiger partial charge in [-0.05, 0) is 31.9 Å². The van der Waals surface area contributed by atoms with Gasteiger partial charge in [-0.25, -0.2) is 0 Å². The number of aryl methyl sites for hydroxylation is 1. The van der Waals surface area contributed by atoms with Gasteiger partial charge in [-0.1, -0.05) is 0 Å². The minimum absolute atomic E-state index is 0.0285. The van der Waals surface area contributed by atoms with Crippen LogP contribution in [0.5, 0.6) is 0 Å². The van der Waals surface area contributed by atoms with E-state index in [4.69, 9.17) is 5.11 Å². The van der Waals surface area contributed by atoms with Crippen molar-refractivity contribution in [2.24, 2.45) is 5.41 Å². The number of aromatic nitrogens is 1. The normalized spacial score (nSPS) is 17.1. The maximum absolute atomic E-state index is 11.9. The zero-order valence-corrected chi connectivity index (χ0v) is 9.57. The van der Waals surface area contributed by atoms with Gasteiger partial charge in [0.1, 0.15) is 5.69 Å². The predicted molar refractivity (Wildman–Crippen MR) is 61.2 cm³/mol. The Bertz CT molecular complexity index is 380. The van der Waals surface area contributed by atoms with Gasteiger partial charge < -0.3 is 15.0 Å². The Balaban J connectivity index is 1.93. The van der Waals surface area contributed by atoms with E-state index in [-0.39, 0.29) is 17.9 Å². The van der Waals surface area contributed by atoms with E-state index >= 15 is 0 Å². The molecule has 1 aromatic rings. The molecule has 0 radical (unpaired) electrons. The molecule has 1 amide bonds. The molecule has 2 N–H and O–H groups in total. The molecule has 0 spiro atoms. The van der Waals surface area contributed by atoms with Crippen molar-refractivity contribution >= 4 is 5.91 Å². The topological polar surface area (TPSA) is 54.3 Å². The molecule has 1 saturated carbocycles. The van der Waals surface area contributed by atoms with Crippen LogP contribution in [0, 0.1) is 5.41 Å². The van der Waals surface area contributed by atoms with Crippen molar-refractivity contribution in [2.75, 3.05) is 13.2 Å². The Morgan fingerprint density at radius 2 is 2.38 bits per heavy atom. The molecule has 1 fully saturated rings. The van der Waals surface area contributed by atoms with Crippen molar-refractivity contribution in [1.29, 1.82) is 0 Å². The van der Waals surface area contributed by atoms with Crippen LogP contribution in [0.2, 0.25) is 0 Å². The van der Waals surface area contributed by atoms with Gasteiger partial charge in [0, 0.05) is 24.7 Å². The van der Waals surface area contributed by atoms with Gasteiger partial charge in [-0.3, -0.25) is 4.79 Å². The molecule has 1 aliphatic rings. The van der Waals surface area contributed by atoms with E-state index in [2.05, 4.69) is 5.32 Å². The number of carbonyl (C=O) groups is 1. The van der Waals surface area contributed by atoms with Gasteiger partial charge >= 0.3 is 0 Å². The highest BCUT2D eigenvalue weighted by molar-refractivity contribution is 5.92. The van der Waals surface area contributed by atoms with E-state index in [0.717, 1.165) is 19.4 Å². The number of aliphatic hydroxyl groups excluding tert-OH is 1. The van der Waals surface area contributed by atoms with Crippen molar-refractivity contribution in [3.63, 3.8) is 0 Å². The lowest BCUT2D eigenvalue weighted by atomic mass is 10.1. The summed E-state index contributed by atoms with van der Waals surface area (Å²) in [6.07, 6.45) is 3.92. The third kappa shape index (κ3) is 2.11. The molecule has 0 aromatic carbocycles. The monoisotopic (exact) mass is 222 g/mol. The second-order valence-electron chi connectivity index (χ2n) is 4.52. The molecule has 2 rings (SSSR count). The van der Waals surface area contributed by atoms with E-state index in [1.54, 1.807) is 0 Å². The van der Waals surface area contributed by atoms with E-state index < -0.39 is 0 Å². The van der Waals surface area contributed by atoms with Crippen LogP contribution < -0.4 is 5.32 Å². The third-order valence-electron chi connectivity index (χ3n) is 3.32. The van der Waals surface area contributed by atoms with Crippen molar-refractivity contribution in [3.8, 4) is 0 Å². The van der Waals surface area contributed by atoms with Crippen molar-refractivity contribution in [2.45, 2.75) is 26.3 Å². The number of nitrogens with one attached hydrogen (secondary N) is 1. The molecule has 0 unspecified atom stereocenters. The summed E-state index contributed by atoms with van der Waals surface area (Å²) in [5, 5.41) is 12.0. The number of nitrogens with zero attached hydrogens (tertiary/aromatic N) is 1. The van der Waals surface area contributed by atoms with Crippen LogP contribution in [0.1, 0.15) is 30.3 Å². The van der Waals surface area contributed by atoms with Crippen LogP contribution in [0.25, 0.3) is 0 Å². The first kappa shape index (κ1) is 11.2. The van der Waals surface area contributed by atoms with Crippen LogP contribution >= 0.6 is 0 Å². The second-order valence-corrected chi connectivity index (χ2v) is 4.52. The second kappa shape index (κ2) is 4.29. The van der Waals surface area contributed by atoms with Crippen LogP contribution in [-0.4, -0.2) is 28.7 Å². The Hall–Kier alpha value is -1.29. The molecule has 4 heteroatoms. The number of rotatable bonds is 5. The largest absolute Gasteiger partial charge is 0.396 e. The maximum atomic E-state index is 11.9. The average Bonchev–Trinajstić information content (AvgIpc) is 2.94. The molecule has 1 heterocycles. The average molecular weight is 222 g/mol. The summed E-state index contributed by atoms with van der Waals surface area (Å²) >= 11 is 0. The highest BCUT2D eigenvalue weighted by atomic mass is 16.3. The summed E-state index contributed by atoms with van der Waals surface area (Å²) in [7, 11) is 0. The lowest BCUT2D eigenvalue weighted by molar-refractivity contribution is 0.0926. The smallest absolute Gasteiger partial charge is 0.267 e. The van der Waals surface area contributed by atoms with Gasteiger partial charge in [-0.2, -0.15) is 0 Å². The molecule has 88 valence electrons. The third-order valence-corrected chi connectivity index (χ3v) is 3.32. The fourth-order valence-electron chi connectivity index (χ4n) is 1.82. The van der Waals surface area contributed by atoms with Crippen molar-refractivity contribution < 1.29 is 9.90 Å². The molecule has 0 atom stereocenters. The first-order valence-corrected chi connectivity index (χ1v) is 5.75. The number of amides is 1. The minimum atomic E-state index is -0.0495. The molecule has 0 aliphatic heterocycles. The van der Waals surface area contributed by atoms with E-state index in [1.165, 1.54) is 0 Å². The first-order valence-electron chi connectivity index (χ1n) is 5.75. The standard InChI is InChI=1S/C12H18N2O2/c1-2-14-7-3-4-10(14)11(16)13-8-12(9-15)5-6-12/h3-4,7,15H,2,5-6,8-9H2,1H3,(H,13,16). The van der Waals surface area contributed by atoms with Crippen LogP contribution in [0.4, 0.5) is 0 Å². The summed E-state index contributed by atoms with van der Waals surface area (Å²) in [5.41, 5.74) is 0.662. The maximum Gasteiger partial charge on any atom is 0.267 e. The Labute approximate surface area is 95.3 Å². The van der Waals surface area contributed by atoms with E-state index in [9.17, 15) is 4.79 Å². The van der Waals surface area contributed by atoms with Crippen LogP contribution in [0.15, 0.2) is 18.3 Å². The van der Waals surface area contributed by atoms with Crippen LogP contribution in [0.3, 0.4) is 0 Å². The Morgan fingerprint density at radius 3 is 2.94 bits per heavy atom. The van der Waals surface area contributed by atoms with Crippen molar-refractivity contribution in [3.05, 3.63) is 24.0 Å². The van der Waals surface area contributed by atoms with Gasteiger partial charge in [0.25, 0.3) is 5.91 Å². The van der Waals surface area contributed by atoms with Gasteiger partial charge in [-0.15, -0.1) is 0 Å². The Morgan fingerprint density at radius 1 is 1.62 bits per heavy atom. The van der Waals surface area contributed by atoms with Gasteiger partial charge in [0.2, 0.25) is 0 Å². The summed E-state index contributed by atoms with van der Waals surface area (Å²) in [6.45, 7) is 3.55. The number of hydrogen-bond acceptors (Lipinski definition) is 2. The molecule has 0 bridgehead atoms. The SMILES string of the molecule is CCn1cccc1C(=O)NCC1(CO)CC1. The molecular formula is C12H18N2O2. The lowest BCUT2D eigenvalue weighted by Crippen LogP contribution is -2.33. The zero-order valence-electron chi connectivity index (χ0n) is 9.57. The van der Waals surface area contributed by atoms with Gasteiger partial charge in [0.15, 0.2) is 0 Å². The number of hydrogen-bond donors (Lipinski definition) is 2. The Kier molecular flexibility index (Phi) is 3.01. The van der Waals surface area contributed by atoms with E-state index in [0.29, 0.717) is 12.2 Å². The lowest BCUT2D eigenvalue weighted by Gasteiger charge is -2.13. The van der Waals surface area contributed by atoms with Gasteiger partial charge in [0.05, 0.1) is 6.61 Å². The number of aliphatic hydroxyl groups is 1. The zero-order chi connectivity index (χ0) is 11.6.